The molecule has 0 atom stereocenters. The maximum atomic E-state index is 6.61. The molecule has 1 heterocycles. The Bertz CT molecular complexity index is 406. The van der Waals surface area contributed by atoms with Crippen molar-refractivity contribution in [3.8, 4) is 0 Å². The summed E-state index contributed by atoms with van der Waals surface area (Å²) in [6.45, 7) is 10.1. The number of aromatic nitrogens is 2. The molecule has 2 rings (SSSR count). The van der Waals surface area contributed by atoms with Gasteiger partial charge in [-0.3, -0.25) is 4.68 Å². The minimum Gasteiger partial charge on any atom is -0.325 e. The highest BCUT2D eigenvalue weighted by Gasteiger charge is 2.36. The molecule has 1 aromatic heterocycles. The predicted octanol–water partition coefficient (Wildman–Crippen LogP) is 3.38. The fourth-order valence-corrected chi connectivity index (χ4v) is 3.31. The molecule has 0 unspecified atom stereocenters. The van der Waals surface area contributed by atoms with E-state index in [1.165, 1.54) is 18.4 Å². The Morgan fingerprint density at radius 3 is 2.47 bits per heavy atom. The minimum absolute atomic E-state index is 0.0106. The lowest BCUT2D eigenvalue weighted by atomic mass is 9.66. The summed E-state index contributed by atoms with van der Waals surface area (Å²) in [5.41, 5.74) is 8.32. The van der Waals surface area contributed by atoms with Crippen molar-refractivity contribution < 1.29 is 0 Å². The Labute approximate surface area is 117 Å². The Morgan fingerprint density at radius 1 is 1.37 bits per heavy atom. The first-order chi connectivity index (χ1) is 8.82. The SMILES string of the molecule is CCn1cc(CC2(N)CCC(C(C)(C)C)CC2)cn1. The number of hydrogen-bond donors (Lipinski definition) is 1. The van der Waals surface area contributed by atoms with Gasteiger partial charge in [-0.05, 0) is 55.9 Å². The highest BCUT2D eigenvalue weighted by atomic mass is 15.3. The summed E-state index contributed by atoms with van der Waals surface area (Å²) in [6.07, 6.45) is 9.92. The van der Waals surface area contributed by atoms with E-state index in [0.29, 0.717) is 5.41 Å². The molecule has 0 radical (unpaired) electrons. The van der Waals surface area contributed by atoms with Crippen molar-refractivity contribution >= 4 is 0 Å². The van der Waals surface area contributed by atoms with Crippen LogP contribution in [-0.4, -0.2) is 15.3 Å². The predicted molar refractivity (Wildman–Crippen MR) is 79.9 cm³/mol. The van der Waals surface area contributed by atoms with Crippen LogP contribution in [0.5, 0.6) is 0 Å². The molecule has 0 aliphatic heterocycles. The van der Waals surface area contributed by atoms with Crippen molar-refractivity contribution in [1.82, 2.24) is 9.78 Å². The standard InChI is InChI=1S/C16H29N3/c1-5-19-12-13(11-18-19)10-16(17)8-6-14(7-9-16)15(2,3)4/h11-12,14H,5-10,17H2,1-4H3. The third-order valence-electron chi connectivity index (χ3n) is 4.77. The second-order valence-electron chi connectivity index (χ2n) is 7.38. The molecule has 0 aromatic carbocycles. The van der Waals surface area contributed by atoms with Crippen LogP contribution in [0.25, 0.3) is 0 Å². The van der Waals surface area contributed by atoms with E-state index in [1.807, 2.05) is 10.9 Å². The molecule has 2 N–H and O–H groups in total. The number of nitrogens with zero attached hydrogens (tertiary/aromatic N) is 2. The zero-order valence-electron chi connectivity index (χ0n) is 12.9. The summed E-state index contributed by atoms with van der Waals surface area (Å²) in [5.74, 6) is 0.822. The average molecular weight is 263 g/mol. The third-order valence-corrected chi connectivity index (χ3v) is 4.77. The Morgan fingerprint density at radius 2 is 2.00 bits per heavy atom. The number of rotatable bonds is 3. The molecule has 1 aliphatic carbocycles. The van der Waals surface area contributed by atoms with Crippen LogP contribution in [0.2, 0.25) is 0 Å². The highest BCUT2D eigenvalue weighted by molar-refractivity contribution is 5.10. The molecule has 108 valence electrons. The van der Waals surface area contributed by atoms with E-state index in [-0.39, 0.29) is 5.54 Å². The first-order valence-electron chi connectivity index (χ1n) is 7.63. The van der Waals surface area contributed by atoms with Gasteiger partial charge in [-0.2, -0.15) is 5.10 Å². The van der Waals surface area contributed by atoms with Gasteiger partial charge in [0.2, 0.25) is 0 Å². The fourth-order valence-electron chi connectivity index (χ4n) is 3.31. The molecule has 3 heteroatoms. The molecular weight excluding hydrogens is 234 g/mol. The number of aryl methyl sites for hydroxylation is 1. The van der Waals surface area contributed by atoms with Crippen LogP contribution in [0, 0.1) is 11.3 Å². The van der Waals surface area contributed by atoms with Crippen molar-refractivity contribution in [3.63, 3.8) is 0 Å². The van der Waals surface area contributed by atoms with Crippen molar-refractivity contribution in [2.24, 2.45) is 17.1 Å². The zero-order chi connectivity index (χ0) is 14.1. The highest BCUT2D eigenvalue weighted by Crippen LogP contribution is 2.41. The second kappa shape index (κ2) is 5.28. The summed E-state index contributed by atoms with van der Waals surface area (Å²) in [5, 5.41) is 4.35. The van der Waals surface area contributed by atoms with E-state index in [4.69, 9.17) is 5.73 Å². The summed E-state index contributed by atoms with van der Waals surface area (Å²) in [7, 11) is 0. The van der Waals surface area contributed by atoms with Gasteiger partial charge in [-0.1, -0.05) is 20.8 Å². The van der Waals surface area contributed by atoms with Gasteiger partial charge >= 0.3 is 0 Å². The van der Waals surface area contributed by atoms with E-state index in [9.17, 15) is 0 Å². The molecule has 1 fully saturated rings. The normalized spacial score (nSPS) is 28.6. The lowest BCUT2D eigenvalue weighted by Gasteiger charge is -2.42. The maximum absolute atomic E-state index is 6.61. The van der Waals surface area contributed by atoms with Gasteiger partial charge in [0.1, 0.15) is 0 Å². The summed E-state index contributed by atoms with van der Waals surface area (Å²) in [4.78, 5) is 0. The maximum Gasteiger partial charge on any atom is 0.0522 e. The smallest absolute Gasteiger partial charge is 0.0522 e. The molecule has 1 aromatic rings. The molecular formula is C16H29N3. The lowest BCUT2D eigenvalue weighted by Crippen LogP contribution is -2.46. The van der Waals surface area contributed by atoms with Gasteiger partial charge in [0.25, 0.3) is 0 Å². The Kier molecular flexibility index (Phi) is 4.05. The first-order valence-corrected chi connectivity index (χ1v) is 7.63. The number of hydrogen-bond acceptors (Lipinski definition) is 2. The summed E-state index contributed by atoms with van der Waals surface area (Å²) < 4.78 is 1.99. The van der Waals surface area contributed by atoms with Gasteiger partial charge in [-0.15, -0.1) is 0 Å². The molecule has 0 bridgehead atoms. The van der Waals surface area contributed by atoms with E-state index < -0.39 is 0 Å². The van der Waals surface area contributed by atoms with Gasteiger partial charge in [0.15, 0.2) is 0 Å². The average Bonchev–Trinajstić information content (AvgIpc) is 2.75. The Hall–Kier alpha value is -0.830. The molecule has 0 spiro atoms. The van der Waals surface area contributed by atoms with E-state index in [1.54, 1.807) is 0 Å². The molecule has 19 heavy (non-hydrogen) atoms. The first kappa shape index (κ1) is 14.6. The van der Waals surface area contributed by atoms with E-state index in [0.717, 1.165) is 31.7 Å². The second-order valence-corrected chi connectivity index (χ2v) is 7.38. The fraction of sp³-hybridized carbons (Fsp3) is 0.812. The molecule has 1 saturated carbocycles. The van der Waals surface area contributed by atoms with Crippen molar-refractivity contribution in [2.45, 2.75) is 71.9 Å². The van der Waals surface area contributed by atoms with Gasteiger partial charge < -0.3 is 5.73 Å². The molecule has 0 saturated heterocycles. The number of nitrogens with two attached hydrogens (primary N) is 1. The van der Waals surface area contributed by atoms with Crippen molar-refractivity contribution in [3.05, 3.63) is 18.0 Å². The van der Waals surface area contributed by atoms with Gasteiger partial charge in [-0.25, -0.2) is 0 Å². The van der Waals surface area contributed by atoms with Crippen LogP contribution in [0.1, 0.15) is 58.9 Å². The summed E-state index contributed by atoms with van der Waals surface area (Å²) >= 11 is 0. The van der Waals surface area contributed by atoms with Crippen molar-refractivity contribution in [2.75, 3.05) is 0 Å². The molecule has 0 amide bonds. The molecule has 3 nitrogen and oxygen atoms in total. The van der Waals surface area contributed by atoms with Crippen LogP contribution in [-0.2, 0) is 13.0 Å². The third kappa shape index (κ3) is 3.59. The van der Waals surface area contributed by atoms with Crippen LogP contribution in [0.3, 0.4) is 0 Å². The largest absolute Gasteiger partial charge is 0.325 e. The van der Waals surface area contributed by atoms with Crippen LogP contribution >= 0.6 is 0 Å². The molecule has 1 aliphatic rings. The van der Waals surface area contributed by atoms with Crippen molar-refractivity contribution in [1.29, 1.82) is 0 Å². The van der Waals surface area contributed by atoms with Gasteiger partial charge in [0.05, 0.1) is 6.20 Å². The van der Waals surface area contributed by atoms with Crippen LogP contribution in [0.15, 0.2) is 12.4 Å². The minimum atomic E-state index is -0.0106. The topological polar surface area (TPSA) is 43.8 Å². The Balaban J connectivity index is 1.94. The monoisotopic (exact) mass is 263 g/mol. The van der Waals surface area contributed by atoms with Gasteiger partial charge in [0, 0.05) is 18.3 Å². The van der Waals surface area contributed by atoms with E-state index >= 15 is 0 Å². The van der Waals surface area contributed by atoms with E-state index in [2.05, 4.69) is 39.0 Å². The summed E-state index contributed by atoms with van der Waals surface area (Å²) in [6, 6.07) is 0. The quantitative estimate of drug-likeness (QED) is 0.908. The van der Waals surface area contributed by atoms with Crippen LogP contribution < -0.4 is 5.73 Å². The lowest BCUT2D eigenvalue weighted by molar-refractivity contribution is 0.134. The zero-order valence-corrected chi connectivity index (χ0v) is 12.9. The van der Waals surface area contributed by atoms with Crippen LogP contribution in [0.4, 0.5) is 0 Å².